The Bertz CT molecular complexity index is 936. The number of phenols is 1. The van der Waals surface area contributed by atoms with E-state index in [2.05, 4.69) is 27.7 Å². The van der Waals surface area contributed by atoms with Crippen molar-refractivity contribution in [3.8, 4) is 34.5 Å². The van der Waals surface area contributed by atoms with Crippen LogP contribution in [-0.4, -0.2) is 33.5 Å². The summed E-state index contributed by atoms with van der Waals surface area (Å²) in [7, 11) is 6.46. The van der Waals surface area contributed by atoms with Gasteiger partial charge in [0.1, 0.15) is 40.6 Å². The van der Waals surface area contributed by atoms with E-state index >= 15 is 0 Å². The van der Waals surface area contributed by atoms with Gasteiger partial charge in [-0.25, -0.2) is 0 Å². The molecule has 6 heteroatoms. The van der Waals surface area contributed by atoms with Gasteiger partial charge in [-0.2, -0.15) is 0 Å². The number of benzene rings is 2. The minimum atomic E-state index is -0.413. The van der Waals surface area contributed by atoms with Gasteiger partial charge in [0.15, 0.2) is 0 Å². The number of ether oxygens (including phenoxy) is 5. The highest BCUT2D eigenvalue weighted by molar-refractivity contribution is 5.57. The smallest absolute Gasteiger partial charge is 0.135 e. The van der Waals surface area contributed by atoms with Crippen LogP contribution in [0.15, 0.2) is 24.3 Å². The average Bonchev–Trinajstić information content (AvgIpc) is 2.76. The molecular weight excluding hydrogens is 408 g/mol. The fraction of sp³-hybridized carbons (Fsp3) is 0.538. The van der Waals surface area contributed by atoms with E-state index in [1.807, 2.05) is 12.1 Å². The molecule has 0 unspecified atom stereocenters. The minimum absolute atomic E-state index is 0.0837. The second-order valence-corrected chi connectivity index (χ2v) is 9.10. The molecule has 176 valence electrons. The number of fused-ring (bicyclic) bond motifs is 1. The molecule has 0 saturated heterocycles. The number of hydrogen-bond donors (Lipinski definition) is 1. The summed E-state index contributed by atoms with van der Waals surface area (Å²) in [6, 6.07) is 7.22. The molecule has 0 amide bonds. The third kappa shape index (κ3) is 4.41. The van der Waals surface area contributed by atoms with Crippen molar-refractivity contribution in [3.05, 3.63) is 35.4 Å². The van der Waals surface area contributed by atoms with Crippen LogP contribution in [0.3, 0.4) is 0 Å². The van der Waals surface area contributed by atoms with Crippen LogP contribution in [0.2, 0.25) is 0 Å². The van der Waals surface area contributed by atoms with Crippen LogP contribution in [0.25, 0.3) is 0 Å². The van der Waals surface area contributed by atoms with Crippen LogP contribution in [0.1, 0.15) is 57.3 Å². The fourth-order valence-electron chi connectivity index (χ4n) is 4.95. The molecule has 0 aromatic heterocycles. The van der Waals surface area contributed by atoms with Crippen LogP contribution in [0.5, 0.6) is 34.5 Å². The zero-order chi connectivity index (χ0) is 23.6. The first-order chi connectivity index (χ1) is 15.2. The summed E-state index contributed by atoms with van der Waals surface area (Å²) >= 11 is 0. The molecule has 2 aromatic carbocycles. The van der Waals surface area contributed by atoms with E-state index in [9.17, 15) is 5.11 Å². The Balaban J connectivity index is 2.27. The normalized spacial score (nSPS) is 20.0. The first-order valence-electron chi connectivity index (χ1n) is 11.1. The van der Waals surface area contributed by atoms with Gasteiger partial charge >= 0.3 is 0 Å². The van der Waals surface area contributed by atoms with Crippen molar-refractivity contribution in [1.29, 1.82) is 0 Å². The van der Waals surface area contributed by atoms with Crippen LogP contribution < -0.4 is 23.7 Å². The molecule has 0 spiro atoms. The van der Waals surface area contributed by atoms with Gasteiger partial charge in [-0.1, -0.05) is 27.7 Å². The van der Waals surface area contributed by atoms with E-state index in [-0.39, 0.29) is 23.5 Å². The molecule has 3 rings (SSSR count). The SMILES string of the molecule is COc1cc(OC)c2c(c1)O[C@@H](c1c(O)cc(OC)cc1OC)[C@@H](C(C)C)[C@@H]2CC(C)C. The molecule has 1 N–H and O–H groups in total. The predicted molar refractivity (Wildman–Crippen MR) is 125 cm³/mol. The molecule has 0 bridgehead atoms. The molecule has 1 aliphatic heterocycles. The van der Waals surface area contributed by atoms with E-state index < -0.39 is 6.10 Å². The second-order valence-electron chi connectivity index (χ2n) is 9.10. The zero-order valence-corrected chi connectivity index (χ0v) is 20.4. The van der Waals surface area contributed by atoms with Crippen LogP contribution in [0, 0.1) is 17.8 Å². The molecule has 0 radical (unpaired) electrons. The van der Waals surface area contributed by atoms with Gasteiger partial charge in [-0.3, -0.25) is 0 Å². The fourth-order valence-corrected chi connectivity index (χ4v) is 4.95. The van der Waals surface area contributed by atoms with E-state index in [1.54, 1.807) is 40.6 Å². The highest BCUT2D eigenvalue weighted by Gasteiger charge is 2.45. The minimum Gasteiger partial charge on any atom is -0.507 e. The molecule has 0 fully saturated rings. The molecule has 32 heavy (non-hydrogen) atoms. The van der Waals surface area contributed by atoms with Crippen LogP contribution in [-0.2, 0) is 0 Å². The molecule has 0 saturated carbocycles. The van der Waals surface area contributed by atoms with Gasteiger partial charge in [0.25, 0.3) is 0 Å². The summed E-state index contributed by atoms with van der Waals surface area (Å²) in [5.74, 6) is 4.29. The van der Waals surface area contributed by atoms with Crippen molar-refractivity contribution in [2.45, 2.75) is 46.1 Å². The maximum Gasteiger partial charge on any atom is 0.135 e. The average molecular weight is 445 g/mol. The monoisotopic (exact) mass is 444 g/mol. The van der Waals surface area contributed by atoms with Gasteiger partial charge in [0, 0.05) is 35.7 Å². The molecule has 2 aromatic rings. The first-order valence-corrected chi connectivity index (χ1v) is 11.1. The second kappa shape index (κ2) is 9.80. The van der Waals surface area contributed by atoms with Gasteiger partial charge in [0.05, 0.1) is 34.0 Å². The van der Waals surface area contributed by atoms with Crippen LogP contribution >= 0.6 is 0 Å². The third-order valence-corrected chi connectivity index (χ3v) is 6.30. The summed E-state index contributed by atoms with van der Waals surface area (Å²) in [5, 5.41) is 11.0. The molecule has 1 aliphatic rings. The third-order valence-electron chi connectivity index (χ3n) is 6.30. The van der Waals surface area contributed by atoms with Crippen molar-refractivity contribution < 1.29 is 28.8 Å². The van der Waals surface area contributed by atoms with Crippen molar-refractivity contribution in [2.24, 2.45) is 17.8 Å². The number of phenolic OH excluding ortho intramolecular Hbond substituents is 1. The molecule has 0 aliphatic carbocycles. The van der Waals surface area contributed by atoms with E-state index in [0.29, 0.717) is 34.5 Å². The lowest BCUT2D eigenvalue weighted by Crippen LogP contribution is -2.34. The standard InChI is InChI=1S/C26H36O6/c1-14(2)9-18-23(15(3)4)26(25-19(27)10-16(28-5)11-21(25)31-8)32-22-13-17(29-6)12-20(30-7)24(18)22/h10-15,18,23,26-27H,9H2,1-8H3/t18-,23-,26+/m0/s1. The molecule has 1 heterocycles. The lowest BCUT2D eigenvalue weighted by atomic mass is 9.69. The van der Waals surface area contributed by atoms with Gasteiger partial charge in [-0.15, -0.1) is 0 Å². The Morgan fingerprint density at radius 2 is 1.38 bits per heavy atom. The maximum atomic E-state index is 11.0. The van der Waals surface area contributed by atoms with Crippen molar-refractivity contribution in [2.75, 3.05) is 28.4 Å². The summed E-state index contributed by atoms with van der Waals surface area (Å²) in [6.07, 6.45) is 0.543. The Kier molecular flexibility index (Phi) is 7.32. The van der Waals surface area contributed by atoms with Crippen LogP contribution in [0.4, 0.5) is 0 Å². The largest absolute Gasteiger partial charge is 0.507 e. The quantitative estimate of drug-likeness (QED) is 0.542. The molecular formula is C26H36O6. The first kappa shape index (κ1) is 23.9. The Labute approximate surface area is 191 Å². The Morgan fingerprint density at radius 1 is 0.812 bits per heavy atom. The summed E-state index contributed by atoms with van der Waals surface area (Å²) in [6.45, 7) is 8.84. The molecule has 3 atom stereocenters. The van der Waals surface area contributed by atoms with Gasteiger partial charge < -0.3 is 28.8 Å². The maximum absolute atomic E-state index is 11.0. The highest BCUT2D eigenvalue weighted by Crippen LogP contribution is 2.57. The van der Waals surface area contributed by atoms with E-state index in [0.717, 1.165) is 17.7 Å². The Hall–Kier alpha value is -2.76. The van der Waals surface area contributed by atoms with E-state index in [1.165, 1.54) is 0 Å². The summed E-state index contributed by atoms with van der Waals surface area (Å²) in [5.41, 5.74) is 1.69. The topological polar surface area (TPSA) is 66.4 Å². The zero-order valence-electron chi connectivity index (χ0n) is 20.4. The number of hydrogen-bond acceptors (Lipinski definition) is 6. The van der Waals surface area contributed by atoms with Crippen molar-refractivity contribution in [3.63, 3.8) is 0 Å². The Morgan fingerprint density at radius 3 is 1.88 bits per heavy atom. The van der Waals surface area contributed by atoms with Gasteiger partial charge in [0.2, 0.25) is 0 Å². The summed E-state index contributed by atoms with van der Waals surface area (Å²) in [4.78, 5) is 0. The number of rotatable bonds is 8. The van der Waals surface area contributed by atoms with Gasteiger partial charge in [-0.05, 0) is 24.2 Å². The predicted octanol–water partition coefficient (Wildman–Crippen LogP) is 5.96. The number of aromatic hydroxyl groups is 1. The molecule has 6 nitrogen and oxygen atoms in total. The van der Waals surface area contributed by atoms with E-state index in [4.69, 9.17) is 23.7 Å². The van der Waals surface area contributed by atoms with Crippen molar-refractivity contribution in [1.82, 2.24) is 0 Å². The summed E-state index contributed by atoms with van der Waals surface area (Å²) < 4.78 is 28.9. The lowest BCUT2D eigenvalue weighted by Gasteiger charge is -2.43. The lowest BCUT2D eigenvalue weighted by molar-refractivity contribution is 0.0508. The highest BCUT2D eigenvalue weighted by atomic mass is 16.5. The number of methoxy groups -OCH3 is 4. The van der Waals surface area contributed by atoms with Crippen molar-refractivity contribution >= 4 is 0 Å².